The smallest absolute Gasteiger partial charge is 0.303 e. The highest BCUT2D eigenvalue weighted by Crippen LogP contribution is 2.33. The predicted molar refractivity (Wildman–Crippen MR) is 150 cm³/mol. The first kappa shape index (κ1) is 36.1. The van der Waals surface area contributed by atoms with Crippen LogP contribution in [0, 0.1) is 5.92 Å². The number of carbonyl (C=O) groups is 5. The summed E-state index contributed by atoms with van der Waals surface area (Å²) in [6.45, 7) is 8.10. The van der Waals surface area contributed by atoms with Gasteiger partial charge in [0.2, 0.25) is 0 Å². The van der Waals surface area contributed by atoms with Crippen molar-refractivity contribution in [2.24, 2.45) is 5.92 Å². The highest BCUT2D eigenvalue weighted by atomic mass is 16.7. The number of hydrogen-bond donors (Lipinski definition) is 0. The fourth-order valence-electron chi connectivity index (χ4n) is 5.62. The van der Waals surface area contributed by atoms with Gasteiger partial charge in [0.1, 0.15) is 36.7 Å². The lowest BCUT2D eigenvalue weighted by molar-refractivity contribution is -0.301. The number of aromatic nitrogens is 3. The average molecular weight is 672 g/mol. The number of rotatable bonds is 11. The van der Waals surface area contributed by atoms with E-state index in [4.69, 9.17) is 47.4 Å². The molecular formula is C29H41N3O15. The molecule has 10 unspecified atom stereocenters. The second-order valence-electron chi connectivity index (χ2n) is 11.3. The van der Waals surface area contributed by atoms with E-state index in [0.29, 0.717) is 12.1 Å². The topological polar surface area (TPSA) is 208 Å². The van der Waals surface area contributed by atoms with Crippen LogP contribution in [0.2, 0.25) is 0 Å². The van der Waals surface area contributed by atoms with Gasteiger partial charge in [0.15, 0.2) is 30.9 Å². The third-order valence-corrected chi connectivity index (χ3v) is 7.46. The molecule has 10 atom stereocenters. The van der Waals surface area contributed by atoms with Crippen molar-refractivity contribution in [3.63, 3.8) is 0 Å². The molecule has 47 heavy (non-hydrogen) atoms. The molecule has 5 rings (SSSR count). The van der Waals surface area contributed by atoms with Crippen LogP contribution in [-0.4, -0.2) is 120 Å². The molecule has 4 aliphatic heterocycles. The van der Waals surface area contributed by atoms with Crippen LogP contribution in [0.5, 0.6) is 0 Å². The lowest BCUT2D eigenvalue weighted by atomic mass is 9.90. The Hall–Kier alpha value is -3.71. The van der Waals surface area contributed by atoms with Gasteiger partial charge in [-0.05, 0) is 6.42 Å². The Morgan fingerprint density at radius 1 is 0.787 bits per heavy atom. The molecule has 2 bridgehead atoms. The minimum absolute atomic E-state index is 0.0869. The van der Waals surface area contributed by atoms with E-state index in [-0.39, 0.29) is 33.0 Å². The maximum Gasteiger partial charge on any atom is 0.303 e. The summed E-state index contributed by atoms with van der Waals surface area (Å²) in [6.07, 6.45) is -6.49. The van der Waals surface area contributed by atoms with Crippen LogP contribution >= 0.6 is 0 Å². The molecule has 0 saturated carbocycles. The number of nitrogens with zero attached hydrogens (tertiary/aromatic N) is 3. The number of hydrogen-bond acceptors (Lipinski definition) is 17. The first-order valence-corrected chi connectivity index (χ1v) is 15.2. The minimum atomic E-state index is -1.15. The predicted octanol–water partition coefficient (Wildman–Crippen LogP) is -0.0240. The summed E-state index contributed by atoms with van der Waals surface area (Å²) in [5.74, 6) is -3.56. The zero-order valence-electron chi connectivity index (χ0n) is 27.1. The molecule has 0 radical (unpaired) electrons. The average Bonchev–Trinajstić information content (AvgIpc) is 3.47. The van der Waals surface area contributed by atoms with E-state index in [1.54, 1.807) is 13.1 Å². The molecule has 4 saturated heterocycles. The Kier molecular flexibility index (Phi) is 12.6. The van der Waals surface area contributed by atoms with Crippen molar-refractivity contribution in [1.82, 2.24) is 15.0 Å². The fourth-order valence-corrected chi connectivity index (χ4v) is 5.62. The van der Waals surface area contributed by atoms with E-state index in [1.165, 1.54) is 39.3 Å². The maximum absolute atomic E-state index is 12.0. The first-order chi connectivity index (χ1) is 22.3. The monoisotopic (exact) mass is 671 g/mol. The van der Waals surface area contributed by atoms with Crippen molar-refractivity contribution in [3.05, 3.63) is 11.9 Å². The van der Waals surface area contributed by atoms with Gasteiger partial charge < -0.3 is 47.4 Å². The molecule has 0 aromatic carbocycles. The Bertz CT molecular complexity index is 1270. The van der Waals surface area contributed by atoms with Crippen molar-refractivity contribution in [2.75, 3.05) is 19.8 Å². The second-order valence-corrected chi connectivity index (χ2v) is 11.3. The van der Waals surface area contributed by atoms with Gasteiger partial charge in [0, 0.05) is 47.1 Å². The van der Waals surface area contributed by atoms with Gasteiger partial charge in [0.25, 0.3) is 0 Å². The van der Waals surface area contributed by atoms with Gasteiger partial charge >= 0.3 is 29.8 Å². The third kappa shape index (κ3) is 9.90. The van der Waals surface area contributed by atoms with Crippen LogP contribution in [-0.2, 0) is 84.5 Å². The summed E-state index contributed by atoms with van der Waals surface area (Å²) >= 11 is 0. The molecule has 0 spiro atoms. The molecule has 4 aliphatic rings. The van der Waals surface area contributed by atoms with E-state index in [1.807, 2.05) is 0 Å². The van der Waals surface area contributed by atoms with E-state index in [9.17, 15) is 24.0 Å². The van der Waals surface area contributed by atoms with Crippen molar-refractivity contribution >= 4 is 29.8 Å². The largest absolute Gasteiger partial charge is 0.463 e. The molecule has 1 aromatic rings. The van der Waals surface area contributed by atoms with Crippen LogP contribution in [0.4, 0.5) is 0 Å². The molecule has 0 N–H and O–H groups in total. The van der Waals surface area contributed by atoms with Crippen LogP contribution in [0.25, 0.3) is 0 Å². The number of ether oxygens (including phenoxy) is 10. The molecular weight excluding hydrogens is 630 g/mol. The van der Waals surface area contributed by atoms with Crippen LogP contribution in [0.15, 0.2) is 6.20 Å². The zero-order chi connectivity index (χ0) is 34.2. The van der Waals surface area contributed by atoms with E-state index in [0.717, 1.165) is 0 Å². The Balaban J connectivity index is 1.48. The van der Waals surface area contributed by atoms with Gasteiger partial charge in [-0.2, -0.15) is 0 Å². The summed E-state index contributed by atoms with van der Waals surface area (Å²) < 4.78 is 58.5. The molecule has 0 aliphatic carbocycles. The van der Waals surface area contributed by atoms with Crippen LogP contribution in [0.3, 0.4) is 0 Å². The molecule has 18 nitrogen and oxygen atoms in total. The molecule has 18 heteroatoms. The van der Waals surface area contributed by atoms with Gasteiger partial charge in [0.05, 0.1) is 26.0 Å². The molecule has 4 fully saturated rings. The standard InChI is InChI=1S/C29H41N3O15/c1-14-23(42-16(3)34)22(13-40-15(2)33)47-28(24(14)43-17(4)35)41-12-20-10-32(31-30-20)11-21-25-26(44-18(5)36)27(45-19(6)37)29(46-21)39-9-7-8-38-25/h10,14,21-29H,7-9,11-13H2,1-6H3. The molecule has 1 aromatic heterocycles. The summed E-state index contributed by atoms with van der Waals surface area (Å²) in [4.78, 5) is 59.1. The Morgan fingerprint density at radius 3 is 2.06 bits per heavy atom. The summed E-state index contributed by atoms with van der Waals surface area (Å²) in [5.41, 5.74) is 0.362. The highest BCUT2D eigenvalue weighted by Gasteiger charge is 2.52. The van der Waals surface area contributed by atoms with E-state index in [2.05, 4.69) is 10.3 Å². The van der Waals surface area contributed by atoms with Crippen molar-refractivity contribution in [1.29, 1.82) is 0 Å². The van der Waals surface area contributed by atoms with Crippen LogP contribution < -0.4 is 0 Å². The minimum Gasteiger partial charge on any atom is -0.463 e. The summed E-state index contributed by atoms with van der Waals surface area (Å²) in [7, 11) is 0. The summed E-state index contributed by atoms with van der Waals surface area (Å²) in [6, 6.07) is 0. The van der Waals surface area contributed by atoms with Crippen molar-refractivity contribution in [3.8, 4) is 0 Å². The normalized spacial score (nSPS) is 32.2. The van der Waals surface area contributed by atoms with Gasteiger partial charge in [-0.1, -0.05) is 12.1 Å². The van der Waals surface area contributed by atoms with Crippen molar-refractivity contribution in [2.45, 2.75) is 116 Å². The van der Waals surface area contributed by atoms with Gasteiger partial charge in [-0.3, -0.25) is 24.0 Å². The lowest BCUT2D eigenvalue weighted by Crippen LogP contribution is -2.62. The van der Waals surface area contributed by atoms with Crippen LogP contribution in [0.1, 0.15) is 53.7 Å². The highest BCUT2D eigenvalue weighted by molar-refractivity contribution is 5.68. The Labute approximate surface area is 270 Å². The SMILES string of the molecule is CC(=O)OCC1OC(OCc2cn(CC3OC4OCCCOC3C(OC(C)=O)C4OC(C)=O)nn2)C(OC(C)=O)C(C)C1OC(C)=O. The van der Waals surface area contributed by atoms with E-state index >= 15 is 0 Å². The summed E-state index contributed by atoms with van der Waals surface area (Å²) in [5, 5.41) is 8.31. The lowest BCUT2D eigenvalue weighted by Gasteiger charge is -2.43. The second kappa shape index (κ2) is 16.4. The van der Waals surface area contributed by atoms with E-state index < -0.39 is 91.1 Å². The van der Waals surface area contributed by atoms with Crippen molar-refractivity contribution < 1.29 is 71.3 Å². The third-order valence-electron chi connectivity index (χ3n) is 7.46. The molecule has 5 heterocycles. The Morgan fingerprint density at radius 2 is 1.40 bits per heavy atom. The number of esters is 5. The number of carbonyl (C=O) groups excluding carboxylic acids is 5. The van der Waals surface area contributed by atoms with Gasteiger partial charge in [-0.15, -0.1) is 5.10 Å². The van der Waals surface area contributed by atoms with Gasteiger partial charge in [-0.25, -0.2) is 4.68 Å². The molecule has 0 amide bonds. The number of fused-ring (bicyclic) bond motifs is 6. The quantitative estimate of drug-likeness (QED) is 0.223. The zero-order valence-corrected chi connectivity index (χ0v) is 27.1. The molecule has 262 valence electrons. The fraction of sp³-hybridized carbons (Fsp3) is 0.759. The first-order valence-electron chi connectivity index (χ1n) is 15.2. The maximum atomic E-state index is 12.0.